The molecule has 1 aliphatic rings. The van der Waals surface area contributed by atoms with E-state index in [1.165, 1.54) is 24.0 Å². The Bertz CT molecular complexity index is 432. The van der Waals surface area contributed by atoms with Crippen LogP contribution in [0.3, 0.4) is 0 Å². The Balaban J connectivity index is 2.05. The summed E-state index contributed by atoms with van der Waals surface area (Å²) in [7, 11) is 1.75. The van der Waals surface area contributed by atoms with E-state index in [2.05, 4.69) is 42.0 Å². The summed E-state index contributed by atoms with van der Waals surface area (Å²) < 4.78 is 5.26. The van der Waals surface area contributed by atoms with Crippen LogP contribution >= 0.6 is 0 Å². The number of hydrogen-bond acceptors (Lipinski definition) is 4. The lowest BCUT2D eigenvalue weighted by molar-refractivity contribution is 0.181. The Morgan fingerprint density at radius 1 is 1.50 bits per heavy atom. The van der Waals surface area contributed by atoms with Crippen molar-refractivity contribution in [3.8, 4) is 0 Å². The minimum atomic E-state index is 0.339. The number of rotatable bonds is 8. The van der Waals surface area contributed by atoms with Crippen LogP contribution in [0.1, 0.15) is 37.8 Å². The first-order chi connectivity index (χ1) is 9.65. The smallest absolute Gasteiger partial charge is 0.131 e. The van der Waals surface area contributed by atoms with Gasteiger partial charge in [-0.05, 0) is 50.8 Å². The number of nitrogens with zero attached hydrogens (tertiary/aromatic N) is 2. The van der Waals surface area contributed by atoms with Crippen molar-refractivity contribution in [1.29, 1.82) is 0 Å². The van der Waals surface area contributed by atoms with Crippen molar-refractivity contribution >= 4 is 5.82 Å². The molecule has 1 fully saturated rings. The van der Waals surface area contributed by atoms with Gasteiger partial charge in [0.15, 0.2) is 0 Å². The topological polar surface area (TPSA) is 37.4 Å². The summed E-state index contributed by atoms with van der Waals surface area (Å²) in [6.07, 6.45) is 4.64. The van der Waals surface area contributed by atoms with Crippen LogP contribution in [-0.2, 0) is 11.3 Å². The van der Waals surface area contributed by atoms with E-state index >= 15 is 0 Å². The van der Waals surface area contributed by atoms with Gasteiger partial charge in [0.25, 0.3) is 0 Å². The molecule has 1 heterocycles. The number of aryl methyl sites for hydroxylation is 1. The first-order valence-corrected chi connectivity index (χ1v) is 7.60. The Morgan fingerprint density at radius 3 is 2.80 bits per heavy atom. The molecule has 4 nitrogen and oxygen atoms in total. The van der Waals surface area contributed by atoms with Gasteiger partial charge in [-0.2, -0.15) is 0 Å². The number of methoxy groups -OCH3 is 1. The van der Waals surface area contributed by atoms with Gasteiger partial charge in [0.1, 0.15) is 5.82 Å². The van der Waals surface area contributed by atoms with Crippen molar-refractivity contribution in [3.63, 3.8) is 0 Å². The largest absolute Gasteiger partial charge is 0.383 e. The summed E-state index contributed by atoms with van der Waals surface area (Å²) in [6, 6.07) is 3.33. The standard InChI is InChI=1S/C16H27N3O/c1-5-19(13(3)11-20-4)16-12(2)8-14(10-18-16)9-17-15-6-7-15/h8,10,13,15,17H,5-7,9,11H2,1-4H3. The van der Waals surface area contributed by atoms with Crippen molar-refractivity contribution < 1.29 is 4.74 Å². The Morgan fingerprint density at radius 2 is 2.25 bits per heavy atom. The molecule has 0 radical (unpaired) electrons. The molecule has 4 heteroatoms. The third-order valence-electron chi connectivity index (χ3n) is 3.83. The normalized spacial score (nSPS) is 16.2. The van der Waals surface area contributed by atoms with Crippen LogP contribution in [0.4, 0.5) is 5.82 Å². The molecule has 1 aromatic heterocycles. The second-order valence-corrected chi connectivity index (χ2v) is 5.73. The van der Waals surface area contributed by atoms with Crippen LogP contribution in [0.25, 0.3) is 0 Å². The number of hydrogen-bond donors (Lipinski definition) is 1. The van der Waals surface area contributed by atoms with Gasteiger partial charge in [-0.1, -0.05) is 0 Å². The zero-order valence-corrected chi connectivity index (χ0v) is 13.1. The zero-order valence-electron chi connectivity index (χ0n) is 13.1. The van der Waals surface area contributed by atoms with Gasteiger partial charge < -0.3 is 15.0 Å². The third-order valence-corrected chi connectivity index (χ3v) is 3.83. The predicted molar refractivity (Wildman–Crippen MR) is 83.2 cm³/mol. The van der Waals surface area contributed by atoms with E-state index in [1.54, 1.807) is 7.11 Å². The lowest BCUT2D eigenvalue weighted by atomic mass is 10.1. The van der Waals surface area contributed by atoms with Crippen molar-refractivity contribution in [2.45, 2.75) is 52.2 Å². The molecule has 1 unspecified atom stereocenters. The molecular formula is C16H27N3O. The predicted octanol–water partition coefficient (Wildman–Crippen LogP) is 2.50. The fraction of sp³-hybridized carbons (Fsp3) is 0.688. The summed E-state index contributed by atoms with van der Waals surface area (Å²) in [5.41, 5.74) is 2.51. The van der Waals surface area contributed by atoms with E-state index in [-0.39, 0.29) is 0 Å². The average molecular weight is 277 g/mol. The number of pyridine rings is 1. The van der Waals surface area contributed by atoms with Crippen LogP contribution in [0.5, 0.6) is 0 Å². The molecule has 1 atom stereocenters. The first-order valence-electron chi connectivity index (χ1n) is 7.60. The second kappa shape index (κ2) is 7.04. The van der Waals surface area contributed by atoms with E-state index in [4.69, 9.17) is 4.74 Å². The number of ether oxygens (including phenoxy) is 1. The molecule has 1 aliphatic carbocycles. The highest BCUT2D eigenvalue weighted by Gasteiger charge is 2.20. The van der Waals surface area contributed by atoms with Crippen molar-refractivity contribution in [3.05, 3.63) is 23.4 Å². The summed E-state index contributed by atoms with van der Waals surface area (Å²) in [5.74, 6) is 1.08. The van der Waals surface area contributed by atoms with E-state index in [9.17, 15) is 0 Å². The fourth-order valence-corrected chi connectivity index (χ4v) is 2.57. The lowest BCUT2D eigenvalue weighted by Crippen LogP contribution is -2.37. The number of nitrogens with one attached hydrogen (secondary N) is 1. The highest BCUT2D eigenvalue weighted by atomic mass is 16.5. The van der Waals surface area contributed by atoms with Gasteiger partial charge in [-0.15, -0.1) is 0 Å². The zero-order chi connectivity index (χ0) is 14.5. The maximum atomic E-state index is 5.26. The number of aromatic nitrogens is 1. The monoisotopic (exact) mass is 277 g/mol. The molecule has 1 N–H and O–H groups in total. The van der Waals surface area contributed by atoms with Crippen molar-refractivity contribution in [2.24, 2.45) is 0 Å². The summed E-state index contributed by atoms with van der Waals surface area (Å²) in [5, 5.41) is 3.53. The summed E-state index contributed by atoms with van der Waals surface area (Å²) >= 11 is 0. The Kier molecular flexibility index (Phi) is 5.38. The molecule has 1 saturated carbocycles. The van der Waals surface area contributed by atoms with E-state index in [1.807, 2.05) is 6.20 Å². The van der Waals surface area contributed by atoms with Crippen LogP contribution < -0.4 is 10.2 Å². The van der Waals surface area contributed by atoms with Gasteiger partial charge in [-0.25, -0.2) is 4.98 Å². The molecule has 0 saturated heterocycles. The maximum Gasteiger partial charge on any atom is 0.131 e. The summed E-state index contributed by atoms with van der Waals surface area (Å²) in [6.45, 7) is 9.08. The van der Waals surface area contributed by atoms with Gasteiger partial charge in [-0.3, -0.25) is 0 Å². The average Bonchev–Trinajstić information content (AvgIpc) is 3.24. The molecule has 112 valence electrons. The van der Waals surface area contributed by atoms with Gasteiger partial charge >= 0.3 is 0 Å². The van der Waals surface area contributed by atoms with E-state index in [0.29, 0.717) is 6.04 Å². The van der Waals surface area contributed by atoms with Crippen LogP contribution in [0, 0.1) is 6.92 Å². The molecule has 0 aromatic carbocycles. The molecule has 0 spiro atoms. The van der Waals surface area contributed by atoms with Gasteiger partial charge in [0.2, 0.25) is 0 Å². The SMILES string of the molecule is CCN(c1ncc(CNC2CC2)cc1C)C(C)COC. The molecule has 0 bridgehead atoms. The fourth-order valence-electron chi connectivity index (χ4n) is 2.57. The number of likely N-dealkylation sites (N-methyl/N-ethyl adjacent to an activating group) is 1. The summed E-state index contributed by atoms with van der Waals surface area (Å²) in [4.78, 5) is 6.98. The maximum absolute atomic E-state index is 5.26. The first kappa shape index (κ1) is 15.3. The highest BCUT2D eigenvalue weighted by molar-refractivity contribution is 5.48. The molecule has 20 heavy (non-hydrogen) atoms. The lowest BCUT2D eigenvalue weighted by Gasteiger charge is -2.30. The van der Waals surface area contributed by atoms with Crippen LogP contribution in [0.2, 0.25) is 0 Å². The van der Waals surface area contributed by atoms with Crippen molar-refractivity contribution in [1.82, 2.24) is 10.3 Å². The van der Waals surface area contributed by atoms with E-state index < -0.39 is 0 Å². The van der Waals surface area contributed by atoms with Crippen LogP contribution in [0.15, 0.2) is 12.3 Å². The molecule has 0 aliphatic heterocycles. The number of anilines is 1. The molecule has 1 aromatic rings. The van der Waals surface area contributed by atoms with Gasteiger partial charge in [0, 0.05) is 32.4 Å². The minimum absolute atomic E-state index is 0.339. The minimum Gasteiger partial charge on any atom is -0.383 e. The molecule has 2 rings (SSSR count). The van der Waals surface area contributed by atoms with Crippen molar-refractivity contribution in [2.75, 3.05) is 25.2 Å². The second-order valence-electron chi connectivity index (χ2n) is 5.73. The Labute approximate surface area is 122 Å². The van der Waals surface area contributed by atoms with Crippen LogP contribution in [-0.4, -0.2) is 37.3 Å². The van der Waals surface area contributed by atoms with E-state index in [0.717, 1.165) is 31.6 Å². The highest BCUT2D eigenvalue weighted by Crippen LogP contribution is 2.22. The van der Waals surface area contributed by atoms with Gasteiger partial charge in [0.05, 0.1) is 12.6 Å². The Hall–Kier alpha value is -1.13. The molecule has 0 amide bonds. The quantitative estimate of drug-likeness (QED) is 0.792. The molecular weight excluding hydrogens is 250 g/mol. The third kappa shape index (κ3) is 3.93.